The zero-order valence-corrected chi connectivity index (χ0v) is 11.6. The Bertz CT molecular complexity index is 703. The van der Waals surface area contributed by atoms with E-state index in [9.17, 15) is 10.1 Å². The van der Waals surface area contributed by atoms with Gasteiger partial charge in [-0.2, -0.15) is 0 Å². The Morgan fingerprint density at radius 3 is 2.57 bits per heavy atom. The molecule has 0 amide bonds. The first-order valence-corrected chi connectivity index (χ1v) is 6.72. The van der Waals surface area contributed by atoms with E-state index >= 15 is 0 Å². The molecule has 0 N–H and O–H groups in total. The summed E-state index contributed by atoms with van der Waals surface area (Å²) in [6.45, 7) is 0. The Kier molecular flexibility index (Phi) is 3.58. The minimum Gasteiger partial charge on any atom is -0.320 e. The SMILES string of the molecule is O=[N+]([O-])[C@@H]1ON=C(c2ccccc2)[C@H]1c1cccc(Cl)c1. The van der Waals surface area contributed by atoms with Crippen molar-refractivity contribution in [3.63, 3.8) is 0 Å². The minimum atomic E-state index is -1.24. The van der Waals surface area contributed by atoms with Crippen molar-refractivity contribution in [2.24, 2.45) is 5.16 Å². The first-order valence-electron chi connectivity index (χ1n) is 6.35. The molecule has 0 fully saturated rings. The van der Waals surface area contributed by atoms with Crippen molar-refractivity contribution in [3.05, 3.63) is 80.9 Å². The summed E-state index contributed by atoms with van der Waals surface area (Å²) in [7, 11) is 0. The molecule has 106 valence electrons. The van der Waals surface area contributed by atoms with Crippen LogP contribution in [0.15, 0.2) is 59.8 Å². The molecule has 1 aliphatic heterocycles. The standard InChI is InChI=1S/C15H11ClN2O3/c16-12-8-4-7-11(9-12)13-14(10-5-2-1-3-6-10)17-21-15(13)18(19)20/h1-9,13,15H/t13-,15-/m1/s1. The number of nitrogens with zero attached hydrogens (tertiary/aromatic N) is 2. The lowest BCUT2D eigenvalue weighted by molar-refractivity contribution is -0.574. The van der Waals surface area contributed by atoms with Crippen molar-refractivity contribution in [1.29, 1.82) is 0 Å². The Labute approximate surface area is 125 Å². The topological polar surface area (TPSA) is 64.7 Å². The van der Waals surface area contributed by atoms with Crippen molar-refractivity contribution in [2.45, 2.75) is 12.1 Å². The van der Waals surface area contributed by atoms with Crippen LogP contribution in [0.1, 0.15) is 17.0 Å². The van der Waals surface area contributed by atoms with Gasteiger partial charge in [0.2, 0.25) is 0 Å². The predicted molar refractivity (Wildman–Crippen MR) is 79.0 cm³/mol. The van der Waals surface area contributed by atoms with Crippen molar-refractivity contribution in [2.75, 3.05) is 0 Å². The molecule has 0 bridgehead atoms. The Balaban J connectivity index is 2.06. The highest BCUT2D eigenvalue weighted by atomic mass is 35.5. The van der Waals surface area contributed by atoms with E-state index in [1.807, 2.05) is 30.3 Å². The summed E-state index contributed by atoms with van der Waals surface area (Å²) in [6.07, 6.45) is -1.24. The van der Waals surface area contributed by atoms with Crippen LogP contribution in [-0.2, 0) is 4.84 Å². The second-order valence-electron chi connectivity index (χ2n) is 4.66. The second kappa shape index (κ2) is 5.54. The molecule has 0 aromatic heterocycles. The molecule has 0 spiro atoms. The van der Waals surface area contributed by atoms with Gasteiger partial charge < -0.3 is 4.84 Å². The van der Waals surface area contributed by atoms with Crippen LogP contribution in [0, 0.1) is 10.1 Å². The highest BCUT2D eigenvalue weighted by molar-refractivity contribution is 6.30. The largest absolute Gasteiger partial charge is 0.387 e. The molecule has 0 radical (unpaired) electrons. The van der Waals surface area contributed by atoms with Crippen LogP contribution in [0.4, 0.5) is 0 Å². The molecular weight excluding hydrogens is 292 g/mol. The molecule has 0 aliphatic carbocycles. The first-order chi connectivity index (χ1) is 10.2. The lowest BCUT2D eigenvalue weighted by atomic mass is 9.89. The number of oxime groups is 1. The van der Waals surface area contributed by atoms with E-state index in [4.69, 9.17) is 16.4 Å². The summed E-state index contributed by atoms with van der Waals surface area (Å²) in [6, 6.07) is 16.3. The van der Waals surface area contributed by atoms with Gasteiger partial charge in [0.1, 0.15) is 11.6 Å². The molecule has 2 aromatic carbocycles. The molecule has 2 aromatic rings. The molecule has 0 unspecified atom stereocenters. The zero-order valence-electron chi connectivity index (χ0n) is 10.8. The highest BCUT2D eigenvalue weighted by Crippen LogP contribution is 2.33. The Morgan fingerprint density at radius 2 is 1.90 bits per heavy atom. The maximum absolute atomic E-state index is 11.2. The molecule has 2 atom stereocenters. The Morgan fingerprint density at radius 1 is 1.14 bits per heavy atom. The molecule has 1 heterocycles. The Hall–Kier alpha value is -2.40. The third-order valence-corrected chi connectivity index (χ3v) is 3.56. The average Bonchev–Trinajstić information content (AvgIpc) is 2.93. The average molecular weight is 303 g/mol. The summed E-state index contributed by atoms with van der Waals surface area (Å²) >= 11 is 5.99. The predicted octanol–water partition coefficient (Wildman–Crippen LogP) is 3.46. The molecule has 21 heavy (non-hydrogen) atoms. The van der Waals surface area contributed by atoms with E-state index in [0.29, 0.717) is 16.3 Å². The van der Waals surface area contributed by atoms with Gasteiger partial charge in [-0.1, -0.05) is 59.2 Å². The fraction of sp³-hybridized carbons (Fsp3) is 0.133. The van der Waals surface area contributed by atoms with Gasteiger partial charge in [-0.15, -0.1) is 0 Å². The zero-order chi connectivity index (χ0) is 14.8. The maximum Gasteiger partial charge on any atom is 0.387 e. The third-order valence-electron chi connectivity index (χ3n) is 3.32. The van der Waals surface area contributed by atoms with Gasteiger partial charge in [0.05, 0.1) is 4.92 Å². The molecular formula is C15H11ClN2O3. The van der Waals surface area contributed by atoms with E-state index < -0.39 is 17.1 Å². The third kappa shape index (κ3) is 2.60. The minimum absolute atomic E-state index is 0.467. The van der Waals surface area contributed by atoms with Crippen molar-refractivity contribution in [1.82, 2.24) is 0 Å². The molecule has 6 heteroatoms. The van der Waals surface area contributed by atoms with Crippen LogP contribution in [0.3, 0.4) is 0 Å². The number of nitro groups is 1. The quantitative estimate of drug-likeness (QED) is 0.644. The monoisotopic (exact) mass is 302 g/mol. The molecule has 0 saturated heterocycles. The van der Waals surface area contributed by atoms with Crippen LogP contribution < -0.4 is 0 Å². The van der Waals surface area contributed by atoms with E-state index in [1.165, 1.54) is 0 Å². The fourth-order valence-corrected chi connectivity index (χ4v) is 2.59. The number of rotatable bonds is 3. The summed E-state index contributed by atoms with van der Waals surface area (Å²) in [5.74, 6) is -0.582. The lowest BCUT2D eigenvalue weighted by Crippen LogP contribution is -2.29. The van der Waals surface area contributed by atoms with E-state index in [0.717, 1.165) is 5.56 Å². The van der Waals surface area contributed by atoms with Crippen LogP contribution in [0.2, 0.25) is 5.02 Å². The summed E-state index contributed by atoms with van der Waals surface area (Å²) in [5.41, 5.74) is 2.05. The second-order valence-corrected chi connectivity index (χ2v) is 5.09. The normalized spacial score (nSPS) is 20.7. The smallest absolute Gasteiger partial charge is 0.320 e. The number of halogens is 1. The van der Waals surface area contributed by atoms with E-state index in [1.54, 1.807) is 24.3 Å². The molecule has 5 nitrogen and oxygen atoms in total. The van der Waals surface area contributed by atoms with Crippen LogP contribution >= 0.6 is 11.6 Å². The first kappa shape index (κ1) is 13.6. The number of hydrogen-bond donors (Lipinski definition) is 0. The van der Waals surface area contributed by atoms with Gasteiger partial charge in [0.15, 0.2) is 0 Å². The number of hydrogen-bond acceptors (Lipinski definition) is 4. The van der Waals surface area contributed by atoms with E-state index in [2.05, 4.69) is 5.16 Å². The highest BCUT2D eigenvalue weighted by Gasteiger charge is 2.44. The molecule has 1 aliphatic rings. The van der Waals surface area contributed by atoms with Crippen LogP contribution in [-0.4, -0.2) is 16.9 Å². The molecule has 0 saturated carbocycles. The van der Waals surface area contributed by atoms with Crippen LogP contribution in [0.25, 0.3) is 0 Å². The van der Waals surface area contributed by atoms with Gasteiger partial charge in [0, 0.05) is 10.6 Å². The van der Waals surface area contributed by atoms with Crippen molar-refractivity contribution in [3.8, 4) is 0 Å². The van der Waals surface area contributed by atoms with Gasteiger partial charge in [-0.25, -0.2) is 0 Å². The number of benzene rings is 2. The van der Waals surface area contributed by atoms with Gasteiger partial charge in [-0.05, 0) is 17.7 Å². The van der Waals surface area contributed by atoms with Crippen molar-refractivity contribution < 1.29 is 9.76 Å². The van der Waals surface area contributed by atoms with E-state index in [-0.39, 0.29) is 0 Å². The van der Waals surface area contributed by atoms with Gasteiger partial charge >= 0.3 is 6.23 Å². The van der Waals surface area contributed by atoms with Gasteiger partial charge in [0.25, 0.3) is 0 Å². The van der Waals surface area contributed by atoms with Gasteiger partial charge in [-0.3, -0.25) is 10.1 Å². The molecule has 3 rings (SSSR count). The van der Waals surface area contributed by atoms with Crippen LogP contribution in [0.5, 0.6) is 0 Å². The van der Waals surface area contributed by atoms with Crippen molar-refractivity contribution >= 4 is 17.3 Å². The summed E-state index contributed by atoms with van der Waals surface area (Å²) in [5, 5.41) is 15.7. The summed E-state index contributed by atoms with van der Waals surface area (Å²) in [4.78, 5) is 15.8. The summed E-state index contributed by atoms with van der Waals surface area (Å²) < 4.78 is 0. The fourth-order valence-electron chi connectivity index (χ4n) is 2.39. The lowest BCUT2D eigenvalue weighted by Gasteiger charge is -2.13. The maximum atomic E-state index is 11.2.